The van der Waals surface area contributed by atoms with Crippen LogP contribution in [0.4, 0.5) is 0 Å². The molecule has 0 amide bonds. The molecule has 0 radical (unpaired) electrons. The lowest BCUT2D eigenvalue weighted by atomic mass is 10.3. The van der Waals surface area contributed by atoms with Crippen molar-refractivity contribution in [1.82, 2.24) is 14.9 Å². The first kappa shape index (κ1) is 11.1. The predicted octanol–water partition coefficient (Wildman–Crippen LogP) is 0.651. The molecule has 0 aromatic carbocycles. The molecule has 1 aliphatic rings. The Bertz CT molecular complexity index is 371. The van der Waals surface area contributed by atoms with Crippen LogP contribution in [0.15, 0.2) is 12.4 Å². The highest BCUT2D eigenvalue weighted by molar-refractivity contribution is 5.73. The van der Waals surface area contributed by atoms with Crippen LogP contribution in [0.1, 0.15) is 25.6 Å². The van der Waals surface area contributed by atoms with Crippen LogP contribution in [0.25, 0.3) is 0 Å². The Morgan fingerprint density at radius 3 is 3.06 bits per heavy atom. The number of aliphatic carboxylic acids is 1. The van der Waals surface area contributed by atoms with Crippen molar-refractivity contribution in [1.29, 1.82) is 0 Å². The Morgan fingerprint density at radius 2 is 2.50 bits per heavy atom. The number of nitrogens with zero attached hydrogens (tertiary/aromatic N) is 2. The number of hydrogen-bond acceptors (Lipinski definition) is 3. The van der Waals surface area contributed by atoms with E-state index >= 15 is 0 Å². The molecular formula is C11H17N3O2. The van der Waals surface area contributed by atoms with Gasteiger partial charge >= 0.3 is 5.97 Å². The molecule has 5 heteroatoms. The lowest BCUT2D eigenvalue weighted by molar-refractivity contribution is -0.139. The molecule has 1 unspecified atom stereocenters. The first-order chi connectivity index (χ1) is 7.70. The largest absolute Gasteiger partial charge is 0.480 e. The number of imidazole rings is 1. The van der Waals surface area contributed by atoms with Gasteiger partial charge in [-0.3, -0.25) is 4.79 Å². The average molecular weight is 223 g/mol. The van der Waals surface area contributed by atoms with E-state index in [0.29, 0.717) is 12.6 Å². The van der Waals surface area contributed by atoms with Gasteiger partial charge in [0.05, 0.1) is 0 Å². The summed E-state index contributed by atoms with van der Waals surface area (Å²) in [6, 6.07) is -0.110. The highest BCUT2D eigenvalue weighted by atomic mass is 16.4. The van der Waals surface area contributed by atoms with E-state index in [2.05, 4.69) is 10.3 Å². The van der Waals surface area contributed by atoms with Gasteiger partial charge in [-0.2, -0.15) is 0 Å². The quantitative estimate of drug-likeness (QED) is 0.743. The smallest absolute Gasteiger partial charge is 0.322 e. The summed E-state index contributed by atoms with van der Waals surface area (Å²) in [5.41, 5.74) is 0. The number of hydrogen-bond donors (Lipinski definition) is 2. The molecule has 1 saturated carbocycles. The highest BCUT2D eigenvalue weighted by Crippen LogP contribution is 2.19. The third-order valence-electron chi connectivity index (χ3n) is 2.81. The normalized spacial score (nSPS) is 17.3. The van der Waals surface area contributed by atoms with Crippen LogP contribution in [0.2, 0.25) is 0 Å². The maximum atomic E-state index is 11.1. The van der Waals surface area contributed by atoms with Crippen molar-refractivity contribution in [2.24, 2.45) is 0 Å². The van der Waals surface area contributed by atoms with Gasteiger partial charge in [-0.25, -0.2) is 4.98 Å². The first-order valence-corrected chi connectivity index (χ1v) is 5.69. The maximum Gasteiger partial charge on any atom is 0.322 e. The Balaban J connectivity index is 2.01. The van der Waals surface area contributed by atoms with Gasteiger partial charge in [0.15, 0.2) is 0 Å². The number of nitrogens with one attached hydrogen (secondary N) is 1. The Labute approximate surface area is 94.5 Å². The van der Waals surface area contributed by atoms with E-state index in [9.17, 15) is 4.79 Å². The highest BCUT2D eigenvalue weighted by Gasteiger charge is 2.28. The molecule has 1 fully saturated rings. The number of rotatable bonds is 6. The fourth-order valence-electron chi connectivity index (χ4n) is 1.75. The van der Waals surface area contributed by atoms with Crippen LogP contribution < -0.4 is 5.32 Å². The summed E-state index contributed by atoms with van der Waals surface area (Å²) in [6.45, 7) is 2.47. The minimum Gasteiger partial charge on any atom is -0.480 e. The lowest BCUT2D eigenvalue weighted by Gasteiger charge is -2.15. The van der Waals surface area contributed by atoms with Crippen LogP contribution in [0, 0.1) is 0 Å². The molecule has 0 aliphatic heterocycles. The minimum atomic E-state index is -0.789. The Kier molecular flexibility index (Phi) is 3.24. The van der Waals surface area contributed by atoms with Crippen molar-refractivity contribution in [3.63, 3.8) is 0 Å². The van der Waals surface area contributed by atoms with Crippen molar-refractivity contribution in [3.8, 4) is 0 Å². The molecule has 1 aliphatic carbocycles. The van der Waals surface area contributed by atoms with E-state index in [1.54, 1.807) is 6.20 Å². The second kappa shape index (κ2) is 4.65. The zero-order chi connectivity index (χ0) is 11.5. The fraction of sp³-hybridized carbons (Fsp3) is 0.636. The summed E-state index contributed by atoms with van der Waals surface area (Å²) in [5, 5.41) is 12.2. The third kappa shape index (κ3) is 2.61. The molecule has 1 aromatic heterocycles. The van der Waals surface area contributed by atoms with Crippen LogP contribution >= 0.6 is 0 Å². The van der Waals surface area contributed by atoms with Gasteiger partial charge in [0.1, 0.15) is 11.9 Å². The molecule has 2 rings (SSSR count). The molecule has 0 bridgehead atoms. The van der Waals surface area contributed by atoms with Gasteiger partial charge in [-0.05, 0) is 12.8 Å². The summed E-state index contributed by atoms with van der Waals surface area (Å²) in [6.07, 6.45) is 6.56. The van der Waals surface area contributed by atoms with E-state index in [0.717, 1.165) is 25.1 Å². The Hall–Kier alpha value is -1.36. The van der Waals surface area contributed by atoms with Crippen LogP contribution in [0.3, 0.4) is 0 Å². The SMILES string of the molecule is CCc1nccn1CC(NC1CC1)C(=O)O. The van der Waals surface area contributed by atoms with Crippen molar-refractivity contribution in [2.75, 3.05) is 0 Å². The maximum absolute atomic E-state index is 11.1. The van der Waals surface area contributed by atoms with Crippen LogP contribution in [0.5, 0.6) is 0 Å². The van der Waals surface area contributed by atoms with Gasteiger partial charge in [0.25, 0.3) is 0 Å². The molecule has 16 heavy (non-hydrogen) atoms. The fourth-order valence-corrected chi connectivity index (χ4v) is 1.75. The molecule has 1 heterocycles. The standard InChI is InChI=1S/C11H17N3O2/c1-2-10-12-5-6-14(10)7-9(11(15)16)13-8-3-4-8/h5-6,8-9,13H,2-4,7H2,1H3,(H,15,16). The summed E-state index contributed by atoms with van der Waals surface area (Å²) in [7, 11) is 0. The van der Waals surface area contributed by atoms with Crippen molar-refractivity contribution in [2.45, 2.75) is 44.8 Å². The summed E-state index contributed by atoms with van der Waals surface area (Å²) in [4.78, 5) is 15.3. The number of carbonyl (C=O) groups is 1. The molecule has 0 saturated heterocycles. The monoisotopic (exact) mass is 223 g/mol. The summed E-state index contributed by atoms with van der Waals surface area (Å²) >= 11 is 0. The van der Waals surface area contributed by atoms with Crippen molar-refractivity contribution < 1.29 is 9.90 Å². The Morgan fingerprint density at radius 1 is 1.75 bits per heavy atom. The van der Waals surface area contributed by atoms with E-state index in [1.807, 2.05) is 17.7 Å². The lowest BCUT2D eigenvalue weighted by Crippen LogP contribution is -2.41. The zero-order valence-electron chi connectivity index (χ0n) is 9.39. The van der Waals surface area contributed by atoms with Gasteiger partial charge < -0.3 is 15.0 Å². The second-order valence-corrected chi connectivity index (χ2v) is 4.18. The molecule has 0 spiro atoms. The molecule has 88 valence electrons. The summed E-state index contributed by atoms with van der Waals surface area (Å²) < 4.78 is 1.91. The van der Waals surface area contributed by atoms with Crippen LogP contribution in [-0.2, 0) is 17.8 Å². The second-order valence-electron chi connectivity index (χ2n) is 4.18. The average Bonchev–Trinajstić information content (AvgIpc) is 2.95. The molecule has 2 N–H and O–H groups in total. The first-order valence-electron chi connectivity index (χ1n) is 5.69. The van der Waals surface area contributed by atoms with E-state index in [4.69, 9.17) is 5.11 Å². The van der Waals surface area contributed by atoms with Crippen molar-refractivity contribution >= 4 is 5.97 Å². The number of carboxylic acids is 1. The van der Waals surface area contributed by atoms with Gasteiger partial charge in [-0.1, -0.05) is 6.92 Å². The molecule has 1 aromatic rings. The number of carboxylic acid groups (broad SMARTS) is 1. The van der Waals surface area contributed by atoms with Gasteiger partial charge in [0.2, 0.25) is 0 Å². The van der Waals surface area contributed by atoms with E-state index in [1.165, 1.54) is 0 Å². The summed E-state index contributed by atoms with van der Waals surface area (Å²) in [5.74, 6) is 0.145. The van der Waals surface area contributed by atoms with Crippen molar-refractivity contribution in [3.05, 3.63) is 18.2 Å². The zero-order valence-corrected chi connectivity index (χ0v) is 9.39. The van der Waals surface area contributed by atoms with Crippen LogP contribution in [-0.4, -0.2) is 32.7 Å². The van der Waals surface area contributed by atoms with E-state index in [-0.39, 0.29) is 0 Å². The number of aromatic nitrogens is 2. The minimum absolute atomic E-state index is 0.398. The van der Waals surface area contributed by atoms with Gasteiger partial charge in [-0.15, -0.1) is 0 Å². The number of aryl methyl sites for hydroxylation is 1. The van der Waals surface area contributed by atoms with Gasteiger partial charge in [0, 0.05) is 31.4 Å². The molecular weight excluding hydrogens is 206 g/mol. The third-order valence-corrected chi connectivity index (χ3v) is 2.81. The topological polar surface area (TPSA) is 67.2 Å². The molecule has 1 atom stereocenters. The van der Waals surface area contributed by atoms with E-state index < -0.39 is 12.0 Å². The predicted molar refractivity (Wildman–Crippen MR) is 59.2 cm³/mol. The molecule has 5 nitrogen and oxygen atoms in total.